The normalized spacial score (nSPS) is 11.7. The van der Waals surface area contributed by atoms with Gasteiger partial charge in [0.05, 0.1) is 0 Å². The highest BCUT2D eigenvalue weighted by Gasteiger charge is 2.10. The summed E-state index contributed by atoms with van der Waals surface area (Å²) >= 11 is 0. The lowest BCUT2D eigenvalue weighted by Crippen LogP contribution is -2.35. The lowest BCUT2D eigenvalue weighted by molar-refractivity contribution is 0.424. The highest BCUT2D eigenvalue weighted by atomic mass is 15.2. The zero-order chi connectivity index (χ0) is 14.5. The van der Waals surface area contributed by atoms with Crippen molar-refractivity contribution in [3.05, 3.63) is 23.4 Å². The van der Waals surface area contributed by atoms with Crippen LogP contribution >= 0.6 is 0 Å². The fourth-order valence-electron chi connectivity index (χ4n) is 1.93. The SMILES string of the molecule is CCCN(C)c1cc(CNC(C)(C)C)cc(CC)n1. The zero-order valence-electron chi connectivity index (χ0n) is 13.4. The van der Waals surface area contributed by atoms with Crippen LogP contribution in [0.1, 0.15) is 52.3 Å². The Labute approximate surface area is 118 Å². The van der Waals surface area contributed by atoms with Gasteiger partial charge in [-0.25, -0.2) is 4.98 Å². The average Bonchev–Trinajstić information content (AvgIpc) is 2.35. The Morgan fingerprint density at radius 1 is 1.21 bits per heavy atom. The summed E-state index contributed by atoms with van der Waals surface area (Å²) in [4.78, 5) is 6.95. The Hall–Kier alpha value is -1.09. The van der Waals surface area contributed by atoms with Crippen LogP contribution in [0.5, 0.6) is 0 Å². The minimum atomic E-state index is 0.144. The quantitative estimate of drug-likeness (QED) is 0.853. The maximum Gasteiger partial charge on any atom is 0.128 e. The molecule has 0 aliphatic rings. The van der Waals surface area contributed by atoms with Crippen LogP contribution in [-0.4, -0.2) is 24.1 Å². The summed E-state index contributed by atoms with van der Waals surface area (Å²) in [5, 5.41) is 3.54. The number of aromatic nitrogens is 1. The molecule has 0 unspecified atom stereocenters. The minimum absolute atomic E-state index is 0.144. The van der Waals surface area contributed by atoms with Crippen molar-refractivity contribution in [3.8, 4) is 0 Å². The van der Waals surface area contributed by atoms with Gasteiger partial charge in [0.2, 0.25) is 0 Å². The van der Waals surface area contributed by atoms with E-state index in [-0.39, 0.29) is 5.54 Å². The Bertz CT molecular complexity index is 393. The molecule has 0 aromatic carbocycles. The van der Waals surface area contributed by atoms with Gasteiger partial charge >= 0.3 is 0 Å². The summed E-state index contributed by atoms with van der Waals surface area (Å²) in [5.74, 6) is 1.09. The summed E-state index contributed by atoms with van der Waals surface area (Å²) in [7, 11) is 2.12. The standard InChI is InChI=1S/C16H29N3/c1-7-9-19(6)15-11-13(10-14(8-2)18-15)12-17-16(3,4)5/h10-11,17H,7-9,12H2,1-6H3. The largest absolute Gasteiger partial charge is 0.360 e. The van der Waals surface area contributed by atoms with Crippen LogP contribution in [0, 0.1) is 0 Å². The second kappa shape index (κ2) is 6.90. The number of hydrogen-bond donors (Lipinski definition) is 1. The Balaban J connectivity index is 2.89. The minimum Gasteiger partial charge on any atom is -0.360 e. The molecule has 1 N–H and O–H groups in total. The second-order valence-corrected chi connectivity index (χ2v) is 6.20. The molecule has 3 nitrogen and oxygen atoms in total. The van der Waals surface area contributed by atoms with Crippen molar-refractivity contribution < 1.29 is 0 Å². The Kier molecular flexibility index (Phi) is 5.80. The molecule has 0 aliphatic heterocycles. The zero-order valence-corrected chi connectivity index (χ0v) is 13.4. The summed E-state index contributed by atoms with van der Waals surface area (Å²) < 4.78 is 0. The van der Waals surface area contributed by atoms with E-state index in [1.165, 1.54) is 11.3 Å². The molecule has 0 atom stereocenters. The number of pyridine rings is 1. The third-order valence-electron chi connectivity index (χ3n) is 3.06. The molecule has 19 heavy (non-hydrogen) atoms. The van der Waals surface area contributed by atoms with E-state index in [2.05, 4.69) is 64.0 Å². The summed E-state index contributed by atoms with van der Waals surface area (Å²) in [6, 6.07) is 4.41. The molecular weight excluding hydrogens is 234 g/mol. The second-order valence-electron chi connectivity index (χ2n) is 6.20. The van der Waals surface area contributed by atoms with E-state index in [0.717, 1.165) is 31.7 Å². The van der Waals surface area contributed by atoms with Gasteiger partial charge in [-0.3, -0.25) is 0 Å². The van der Waals surface area contributed by atoms with Crippen molar-refractivity contribution in [2.75, 3.05) is 18.5 Å². The van der Waals surface area contributed by atoms with Crippen LogP contribution in [0.2, 0.25) is 0 Å². The summed E-state index contributed by atoms with van der Waals surface area (Å²) in [6.07, 6.45) is 2.13. The van der Waals surface area contributed by atoms with Crippen molar-refractivity contribution in [3.63, 3.8) is 0 Å². The van der Waals surface area contributed by atoms with Crippen LogP contribution in [0.4, 0.5) is 5.82 Å². The third kappa shape index (κ3) is 5.60. The molecule has 0 spiro atoms. The molecule has 0 amide bonds. The Morgan fingerprint density at radius 3 is 2.42 bits per heavy atom. The highest BCUT2D eigenvalue weighted by molar-refractivity contribution is 5.42. The van der Waals surface area contributed by atoms with Crippen molar-refractivity contribution in [1.82, 2.24) is 10.3 Å². The van der Waals surface area contributed by atoms with Gasteiger partial charge in [-0.2, -0.15) is 0 Å². The van der Waals surface area contributed by atoms with E-state index in [1.54, 1.807) is 0 Å². The van der Waals surface area contributed by atoms with Crippen LogP contribution in [0.25, 0.3) is 0 Å². The molecule has 108 valence electrons. The van der Waals surface area contributed by atoms with Crippen molar-refractivity contribution in [1.29, 1.82) is 0 Å². The first kappa shape index (κ1) is 16.0. The molecule has 1 rings (SSSR count). The van der Waals surface area contributed by atoms with Crippen LogP contribution in [0.3, 0.4) is 0 Å². The van der Waals surface area contributed by atoms with E-state index in [4.69, 9.17) is 4.98 Å². The van der Waals surface area contributed by atoms with Gasteiger partial charge in [0.1, 0.15) is 5.82 Å². The van der Waals surface area contributed by atoms with E-state index >= 15 is 0 Å². The van der Waals surface area contributed by atoms with Crippen molar-refractivity contribution in [2.45, 2.75) is 59.5 Å². The highest BCUT2D eigenvalue weighted by Crippen LogP contribution is 2.16. The number of nitrogens with one attached hydrogen (secondary N) is 1. The lowest BCUT2D eigenvalue weighted by atomic mass is 10.1. The van der Waals surface area contributed by atoms with Gasteiger partial charge in [0.15, 0.2) is 0 Å². The molecule has 0 aliphatic carbocycles. The fourth-order valence-corrected chi connectivity index (χ4v) is 1.93. The molecule has 0 bridgehead atoms. The molecule has 0 radical (unpaired) electrons. The van der Waals surface area contributed by atoms with Crippen LogP contribution in [-0.2, 0) is 13.0 Å². The molecule has 1 aromatic heterocycles. The van der Waals surface area contributed by atoms with Gasteiger partial charge in [0, 0.05) is 31.4 Å². The maximum absolute atomic E-state index is 4.71. The number of anilines is 1. The van der Waals surface area contributed by atoms with E-state index in [0.29, 0.717) is 0 Å². The molecule has 1 heterocycles. The molecule has 0 saturated carbocycles. The summed E-state index contributed by atoms with van der Waals surface area (Å²) in [6.45, 7) is 12.9. The maximum atomic E-state index is 4.71. The first-order valence-corrected chi connectivity index (χ1v) is 7.31. The van der Waals surface area contributed by atoms with E-state index in [1.807, 2.05) is 0 Å². The third-order valence-corrected chi connectivity index (χ3v) is 3.06. The first-order chi connectivity index (χ1) is 8.85. The molecule has 1 aromatic rings. The predicted molar refractivity (Wildman–Crippen MR) is 83.8 cm³/mol. The molecule has 3 heteroatoms. The van der Waals surface area contributed by atoms with Crippen LogP contribution < -0.4 is 10.2 Å². The van der Waals surface area contributed by atoms with E-state index in [9.17, 15) is 0 Å². The number of rotatable bonds is 6. The first-order valence-electron chi connectivity index (χ1n) is 7.31. The van der Waals surface area contributed by atoms with Gasteiger partial charge in [0.25, 0.3) is 0 Å². The summed E-state index contributed by atoms with van der Waals surface area (Å²) in [5.41, 5.74) is 2.64. The van der Waals surface area contributed by atoms with Gasteiger partial charge in [-0.05, 0) is 51.3 Å². The monoisotopic (exact) mass is 263 g/mol. The lowest BCUT2D eigenvalue weighted by Gasteiger charge is -2.22. The predicted octanol–water partition coefficient (Wildman–Crippen LogP) is 3.38. The smallest absolute Gasteiger partial charge is 0.128 e. The number of hydrogen-bond acceptors (Lipinski definition) is 3. The topological polar surface area (TPSA) is 28.2 Å². The van der Waals surface area contributed by atoms with Crippen molar-refractivity contribution >= 4 is 5.82 Å². The van der Waals surface area contributed by atoms with Crippen molar-refractivity contribution in [2.24, 2.45) is 0 Å². The average molecular weight is 263 g/mol. The number of aryl methyl sites for hydroxylation is 1. The fraction of sp³-hybridized carbons (Fsp3) is 0.688. The van der Waals surface area contributed by atoms with Gasteiger partial charge in [-0.15, -0.1) is 0 Å². The Morgan fingerprint density at radius 2 is 1.89 bits per heavy atom. The number of nitrogens with zero attached hydrogens (tertiary/aromatic N) is 2. The van der Waals surface area contributed by atoms with E-state index < -0.39 is 0 Å². The van der Waals surface area contributed by atoms with Gasteiger partial charge < -0.3 is 10.2 Å². The van der Waals surface area contributed by atoms with Gasteiger partial charge in [-0.1, -0.05) is 13.8 Å². The molecule has 0 saturated heterocycles. The molecular formula is C16H29N3. The molecule has 0 fully saturated rings. The van der Waals surface area contributed by atoms with Crippen LogP contribution in [0.15, 0.2) is 12.1 Å².